The summed E-state index contributed by atoms with van der Waals surface area (Å²) < 4.78 is 16.0. The van der Waals surface area contributed by atoms with Gasteiger partial charge in [0, 0.05) is 35.1 Å². The van der Waals surface area contributed by atoms with E-state index in [1.807, 2.05) is 42.8 Å². The molecule has 5 rings (SSSR count). The van der Waals surface area contributed by atoms with E-state index in [2.05, 4.69) is 10.2 Å². The standard InChI is InChI=1S/C25H25ClN6O3/c1-15-11-16(2)31(28-15)10-9-23-27-24-19-12-21(34-3)22(35-4)13-20(19)30(25(33)32(24)29-23)14-17-5-7-18(26)8-6-17/h5-8,11-13H,9-10,14H2,1-4H3. The Kier molecular flexibility index (Phi) is 5.94. The highest BCUT2D eigenvalue weighted by Crippen LogP contribution is 2.33. The molecule has 0 bridgehead atoms. The van der Waals surface area contributed by atoms with Gasteiger partial charge in [-0.1, -0.05) is 23.7 Å². The summed E-state index contributed by atoms with van der Waals surface area (Å²) in [5, 5.41) is 10.4. The Morgan fingerprint density at radius 3 is 2.34 bits per heavy atom. The number of benzene rings is 2. The second kappa shape index (κ2) is 9.07. The van der Waals surface area contributed by atoms with Crippen molar-refractivity contribution in [2.45, 2.75) is 33.4 Å². The van der Waals surface area contributed by atoms with E-state index in [0.29, 0.717) is 53.0 Å². The summed E-state index contributed by atoms with van der Waals surface area (Å²) in [7, 11) is 3.15. The summed E-state index contributed by atoms with van der Waals surface area (Å²) in [4.78, 5) is 18.3. The molecule has 180 valence electrons. The van der Waals surface area contributed by atoms with Crippen molar-refractivity contribution < 1.29 is 9.47 Å². The molecule has 3 aromatic heterocycles. The minimum atomic E-state index is -0.292. The Balaban J connectivity index is 1.66. The van der Waals surface area contributed by atoms with Crippen LogP contribution in [-0.4, -0.2) is 43.2 Å². The molecule has 5 aromatic rings. The SMILES string of the molecule is COc1cc2c(cc1OC)n(Cc1ccc(Cl)cc1)c(=O)n1nc(CCn3nc(C)cc3C)nc21. The Labute approximate surface area is 206 Å². The highest BCUT2D eigenvalue weighted by molar-refractivity contribution is 6.30. The van der Waals surface area contributed by atoms with Gasteiger partial charge in [0.2, 0.25) is 0 Å². The van der Waals surface area contributed by atoms with E-state index in [-0.39, 0.29) is 5.69 Å². The third-order valence-electron chi connectivity index (χ3n) is 6.00. The first kappa shape index (κ1) is 22.9. The number of methoxy groups -OCH3 is 2. The molecular weight excluding hydrogens is 468 g/mol. The number of aromatic nitrogens is 6. The lowest BCUT2D eigenvalue weighted by atomic mass is 10.2. The second-order valence-corrected chi connectivity index (χ2v) is 8.82. The highest BCUT2D eigenvalue weighted by Gasteiger charge is 2.19. The molecule has 0 N–H and O–H groups in total. The molecule has 0 amide bonds. The predicted octanol–water partition coefficient (Wildman–Crippen LogP) is 3.82. The average Bonchev–Trinajstić information content (AvgIpc) is 3.43. The van der Waals surface area contributed by atoms with E-state index in [9.17, 15) is 4.79 Å². The van der Waals surface area contributed by atoms with Crippen molar-refractivity contribution in [2.24, 2.45) is 0 Å². The first-order valence-corrected chi connectivity index (χ1v) is 11.6. The van der Waals surface area contributed by atoms with Gasteiger partial charge in [0.05, 0.1) is 32.0 Å². The van der Waals surface area contributed by atoms with E-state index >= 15 is 0 Å². The first-order chi connectivity index (χ1) is 16.9. The minimum absolute atomic E-state index is 0.292. The van der Waals surface area contributed by atoms with Crippen molar-refractivity contribution >= 4 is 28.2 Å². The smallest absolute Gasteiger partial charge is 0.351 e. The zero-order valence-corrected chi connectivity index (χ0v) is 20.7. The van der Waals surface area contributed by atoms with Gasteiger partial charge in [0.1, 0.15) is 0 Å². The molecule has 3 heterocycles. The van der Waals surface area contributed by atoms with Crippen LogP contribution in [0.25, 0.3) is 16.6 Å². The van der Waals surface area contributed by atoms with Gasteiger partial charge in [-0.25, -0.2) is 9.78 Å². The van der Waals surface area contributed by atoms with Gasteiger partial charge in [0.15, 0.2) is 23.0 Å². The van der Waals surface area contributed by atoms with Crippen molar-refractivity contribution in [3.8, 4) is 11.5 Å². The fraction of sp³-hybridized carbons (Fsp3) is 0.280. The molecule has 2 aromatic carbocycles. The second-order valence-electron chi connectivity index (χ2n) is 8.38. The molecule has 0 saturated carbocycles. The fourth-order valence-corrected chi connectivity index (χ4v) is 4.41. The van der Waals surface area contributed by atoms with Crippen LogP contribution in [0.5, 0.6) is 11.5 Å². The van der Waals surface area contributed by atoms with Crippen molar-refractivity contribution in [2.75, 3.05) is 14.2 Å². The van der Waals surface area contributed by atoms with Crippen LogP contribution in [-0.2, 0) is 19.5 Å². The summed E-state index contributed by atoms with van der Waals surface area (Å²) in [5.41, 5.74) is 3.81. The number of hydrogen-bond donors (Lipinski definition) is 0. The van der Waals surface area contributed by atoms with Crippen molar-refractivity contribution in [1.82, 2.24) is 28.9 Å². The molecule has 0 unspecified atom stereocenters. The molecule has 0 atom stereocenters. The lowest BCUT2D eigenvalue weighted by Crippen LogP contribution is -2.28. The molecule has 0 spiro atoms. The topological polar surface area (TPSA) is 88.5 Å². The van der Waals surface area contributed by atoms with E-state index in [4.69, 9.17) is 26.1 Å². The van der Waals surface area contributed by atoms with Gasteiger partial charge in [-0.2, -0.15) is 9.61 Å². The zero-order chi connectivity index (χ0) is 24.7. The van der Waals surface area contributed by atoms with Gasteiger partial charge in [-0.05, 0) is 43.7 Å². The molecule has 0 aliphatic heterocycles. The van der Waals surface area contributed by atoms with Crippen molar-refractivity contribution in [1.29, 1.82) is 0 Å². The molecule has 0 fully saturated rings. The van der Waals surface area contributed by atoms with Crippen LogP contribution in [0.2, 0.25) is 5.02 Å². The maximum atomic E-state index is 13.6. The van der Waals surface area contributed by atoms with Gasteiger partial charge < -0.3 is 9.47 Å². The number of aryl methyl sites for hydroxylation is 4. The number of rotatable bonds is 7. The molecule has 9 nitrogen and oxygen atoms in total. The Hall–Kier alpha value is -3.85. The lowest BCUT2D eigenvalue weighted by molar-refractivity contribution is 0.355. The van der Waals surface area contributed by atoms with Gasteiger partial charge >= 0.3 is 5.69 Å². The normalized spacial score (nSPS) is 11.5. The van der Waals surface area contributed by atoms with Crippen LogP contribution >= 0.6 is 11.6 Å². The van der Waals surface area contributed by atoms with E-state index in [1.165, 1.54) is 4.52 Å². The minimum Gasteiger partial charge on any atom is -0.493 e. The quantitative estimate of drug-likeness (QED) is 0.343. The third kappa shape index (κ3) is 4.23. The lowest BCUT2D eigenvalue weighted by Gasteiger charge is -2.14. The van der Waals surface area contributed by atoms with E-state index in [1.54, 1.807) is 37.0 Å². The Morgan fingerprint density at radius 2 is 1.69 bits per heavy atom. The molecule has 0 aliphatic rings. The summed E-state index contributed by atoms with van der Waals surface area (Å²) in [6.45, 7) is 4.92. The maximum Gasteiger partial charge on any atom is 0.351 e. The van der Waals surface area contributed by atoms with Crippen LogP contribution in [0.15, 0.2) is 47.3 Å². The zero-order valence-electron chi connectivity index (χ0n) is 19.9. The molecular formula is C25H25ClN6O3. The first-order valence-electron chi connectivity index (χ1n) is 11.2. The van der Waals surface area contributed by atoms with Crippen LogP contribution in [0.4, 0.5) is 0 Å². The van der Waals surface area contributed by atoms with Gasteiger partial charge in [0.25, 0.3) is 0 Å². The molecule has 35 heavy (non-hydrogen) atoms. The Bertz CT molecular complexity index is 1600. The summed E-state index contributed by atoms with van der Waals surface area (Å²) in [5.74, 6) is 1.64. The summed E-state index contributed by atoms with van der Waals surface area (Å²) in [6, 6.07) is 13.1. The van der Waals surface area contributed by atoms with Crippen molar-refractivity contribution in [3.63, 3.8) is 0 Å². The average molecular weight is 493 g/mol. The fourth-order valence-electron chi connectivity index (χ4n) is 4.29. The van der Waals surface area contributed by atoms with Gasteiger partial charge in [-0.15, -0.1) is 5.10 Å². The molecule has 0 saturated heterocycles. The predicted molar refractivity (Wildman–Crippen MR) is 134 cm³/mol. The van der Waals surface area contributed by atoms with Crippen molar-refractivity contribution in [3.05, 3.63) is 80.7 Å². The largest absolute Gasteiger partial charge is 0.493 e. The number of nitrogens with zero attached hydrogens (tertiary/aromatic N) is 6. The number of hydrogen-bond acceptors (Lipinski definition) is 6. The van der Waals surface area contributed by atoms with E-state index < -0.39 is 0 Å². The number of fused-ring (bicyclic) bond motifs is 3. The maximum absolute atomic E-state index is 13.6. The molecule has 0 radical (unpaired) electrons. The molecule has 0 aliphatic carbocycles. The number of halogens is 1. The number of ether oxygens (including phenoxy) is 2. The highest BCUT2D eigenvalue weighted by atomic mass is 35.5. The van der Waals surface area contributed by atoms with Crippen LogP contribution in [0.1, 0.15) is 22.8 Å². The monoisotopic (exact) mass is 492 g/mol. The Morgan fingerprint density at radius 1 is 0.971 bits per heavy atom. The van der Waals surface area contributed by atoms with E-state index in [0.717, 1.165) is 22.3 Å². The molecule has 10 heteroatoms. The third-order valence-corrected chi connectivity index (χ3v) is 6.25. The summed E-state index contributed by atoms with van der Waals surface area (Å²) >= 11 is 6.05. The van der Waals surface area contributed by atoms with Crippen LogP contribution in [0, 0.1) is 13.8 Å². The van der Waals surface area contributed by atoms with Crippen LogP contribution < -0.4 is 15.2 Å². The summed E-state index contributed by atoms with van der Waals surface area (Å²) in [6.07, 6.45) is 0.537. The van der Waals surface area contributed by atoms with Crippen LogP contribution in [0.3, 0.4) is 0 Å². The van der Waals surface area contributed by atoms with Gasteiger partial charge in [-0.3, -0.25) is 9.25 Å².